The Morgan fingerprint density at radius 3 is 2.74 bits per heavy atom. The summed E-state index contributed by atoms with van der Waals surface area (Å²) in [6.07, 6.45) is 0.349. The summed E-state index contributed by atoms with van der Waals surface area (Å²) < 4.78 is 0.973. The summed E-state index contributed by atoms with van der Waals surface area (Å²) >= 11 is 9.27. The summed E-state index contributed by atoms with van der Waals surface area (Å²) in [5.41, 5.74) is 2.72. The first-order valence-corrected chi connectivity index (χ1v) is 7.02. The van der Waals surface area contributed by atoms with E-state index in [2.05, 4.69) is 21.2 Å². The van der Waals surface area contributed by atoms with E-state index in [1.54, 1.807) is 6.07 Å². The van der Waals surface area contributed by atoms with Gasteiger partial charge in [0.1, 0.15) is 0 Å². The number of rotatable bonds is 3. The average molecular weight is 339 g/mol. The van der Waals surface area contributed by atoms with Crippen molar-refractivity contribution in [3.63, 3.8) is 0 Å². The first-order valence-electron chi connectivity index (χ1n) is 5.85. The van der Waals surface area contributed by atoms with Crippen LogP contribution in [0.2, 0.25) is 5.02 Å². The Kier molecular flexibility index (Phi) is 4.61. The van der Waals surface area contributed by atoms with Gasteiger partial charge in [-0.1, -0.05) is 39.7 Å². The van der Waals surface area contributed by atoms with E-state index in [0.717, 1.165) is 21.3 Å². The zero-order valence-corrected chi connectivity index (χ0v) is 12.8. The quantitative estimate of drug-likeness (QED) is 0.871. The van der Waals surface area contributed by atoms with Crippen molar-refractivity contribution in [2.45, 2.75) is 13.3 Å². The van der Waals surface area contributed by atoms with Crippen LogP contribution in [0, 0.1) is 6.92 Å². The average Bonchev–Trinajstić information content (AvgIpc) is 2.33. The molecule has 0 saturated carbocycles. The topological polar surface area (TPSA) is 29.1 Å². The number of benzene rings is 2. The molecule has 0 spiro atoms. The molecule has 0 aliphatic carbocycles. The van der Waals surface area contributed by atoms with Crippen molar-refractivity contribution in [1.82, 2.24) is 0 Å². The van der Waals surface area contributed by atoms with E-state index < -0.39 is 0 Å². The highest BCUT2D eigenvalue weighted by molar-refractivity contribution is 9.10. The van der Waals surface area contributed by atoms with Crippen LogP contribution in [0.4, 0.5) is 5.69 Å². The van der Waals surface area contributed by atoms with Crippen molar-refractivity contribution >= 4 is 39.1 Å². The first-order chi connectivity index (χ1) is 9.04. The summed E-state index contributed by atoms with van der Waals surface area (Å²) in [7, 11) is 0. The zero-order chi connectivity index (χ0) is 13.8. The second kappa shape index (κ2) is 6.22. The molecule has 0 heterocycles. The fourth-order valence-corrected chi connectivity index (χ4v) is 2.47. The number of hydrogen-bond acceptors (Lipinski definition) is 1. The van der Waals surface area contributed by atoms with Crippen LogP contribution in [-0.2, 0) is 11.2 Å². The Labute approximate surface area is 125 Å². The minimum atomic E-state index is -0.0384. The molecule has 98 valence electrons. The molecule has 1 amide bonds. The third-order valence-electron chi connectivity index (χ3n) is 2.72. The number of carbonyl (C=O) groups excluding carboxylic acids is 1. The number of halogens is 2. The smallest absolute Gasteiger partial charge is 0.228 e. The van der Waals surface area contributed by atoms with E-state index in [4.69, 9.17) is 11.6 Å². The van der Waals surface area contributed by atoms with E-state index in [-0.39, 0.29) is 5.91 Å². The highest BCUT2D eigenvalue weighted by Gasteiger charge is 2.06. The van der Waals surface area contributed by atoms with Crippen LogP contribution in [-0.4, -0.2) is 5.91 Å². The highest BCUT2D eigenvalue weighted by Crippen LogP contribution is 2.20. The van der Waals surface area contributed by atoms with Crippen molar-refractivity contribution in [1.29, 1.82) is 0 Å². The molecule has 0 aliphatic heterocycles. The third kappa shape index (κ3) is 4.08. The van der Waals surface area contributed by atoms with Crippen molar-refractivity contribution in [3.8, 4) is 0 Å². The molecule has 4 heteroatoms. The van der Waals surface area contributed by atoms with E-state index in [1.807, 2.05) is 43.3 Å². The fourth-order valence-electron chi connectivity index (χ4n) is 1.79. The number of amides is 1. The minimum Gasteiger partial charge on any atom is -0.326 e. The number of nitrogens with one attached hydrogen (secondary N) is 1. The van der Waals surface area contributed by atoms with E-state index in [9.17, 15) is 4.79 Å². The molecule has 2 rings (SSSR count). The Morgan fingerprint density at radius 2 is 2.05 bits per heavy atom. The number of hydrogen-bond donors (Lipinski definition) is 1. The van der Waals surface area contributed by atoms with Crippen LogP contribution in [0.5, 0.6) is 0 Å². The lowest BCUT2D eigenvalue weighted by Gasteiger charge is -2.09. The lowest BCUT2D eigenvalue weighted by molar-refractivity contribution is -0.115. The van der Waals surface area contributed by atoms with Gasteiger partial charge in [-0.3, -0.25) is 4.79 Å². The van der Waals surface area contributed by atoms with Gasteiger partial charge < -0.3 is 5.32 Å². The van der Waals surface area contributed by atoms with Gasteiger partial charge in [-0.2, -0.15) is 0 Å². The van der Waals surface area contributed by atoms with Gasteiger partial charge in [-0.05, 0) is 48.4 Å². The maximum absolute atomic E-state index is 12.0. The zero-order valence-electron chi connectivity index (χ0n) is 10.4. The molecule has 2 aromatic rings. The van der Waals surface area contributed by atoms with Crippen molar-refractivity contribution in [2.75, 3.05) is 5.32 Å². The van der Waals surface area contributed by atoms with Gasteiger partial charge in [0.25, 0.3) is 0 Å². The largest absolute Gasteiger partial charge is 0.326 e. The van der Waals surface area contributed by atoms with Crippen LogP contribution in [0.1, 0.15) is 11.1 Å². The molecule has 19 heavy (non-hydrogen) atoms. The van der Waals surface area contributed by atoms with E-state index >= 15 is 0 Å². The number of anilines is 1. The standard InChI is InChI=1S/C15H13BrClNO/c1-10-7-13(17)5-6-14(10)18-15(19)9-11-3-2-4-12(16)8-11/h2-8H,9H2,1H3,(H,18,19). The number of carbonyl (C=O) groups is 1. The fraction of sp³-hybridized carbons (Fsp3) is 0.133. The van der Waals surface area contributed by atoms with Gasteiger partial charge in [-0.15, -0.1) is 0 Å². The summed E-state index contributed by atoms with van der Waals surface area (Å²) in [5.74, 6) is -0.0384. The predicted molar refractivity (Wildman–Crippen MR) is 82.7 cm³/mol. The Bertz CT molecular complexity index is 613. The van der Waals surface area contributed by atoms with Gasteiger partial charge in [0, 0.05) is 15.2 Å². The normalized spacial score (nSPS) is 10.3. The third-order valence-corrected chi connectivity index (χ3v) is 3.44. The van der Waals surface area contributed by atoms with Crippen molar-refractivity contribution in [3.05, 3.63) is 63.1 Å². The Hall–Kier alpha value is -1.32. The molecule has 0 radical (unpaired) electrons. The molecule has 2 nitrogen and oxygen atoms in total. The van der Waals surface area contributed by atoms with Gasteiger partial charge in [-0.25, -0.2) is 0 Å². The van der Waals surface area contributed by atoms with Crippen LogP contribution in [0.3, 0.4) is 0 Å². The maximum Gasteiger partial charge on any atom is 0.228 e. The van der Waals surface area contributed by atoms with E-state index in [0.29, 0.717) is 11.4 Å². The molecular formula is C15H13BrClNO. The van der Waals surface area contributed by atoms with Gasteiger partial charge in [0.15, 0.2) is 0 Å². The Balaban J connectivity index is 2.05. The van der Waals surface area contributed by atoms with Gasteiger partial charge in [0.2, 0.25) is 5.91 Å². The lowest BCUT2D eigenvalue weighted by Crippen LogP contribution is -2.15. The SMILES string of the molecule is Cc1cc(Cl)ccc1NC(=O)Cc1cccc(Br)c1. The second-order valence-corrected chi connectivity index (χ2v) is 5.67. The summed E-state index contributed by atoms with van der Waals surface area (Å²) in [6, 6.07) is 13.1. The van der Waals surface area contributed by atoms with E-state index in [1.165, 1.54) is 0 Å². The first kappa shape index (κ1) is 14.1. The molecule has 0 bridgehead atoms. The minimum absolute atomic E-state index is 0.0384. The van der Waals surface area contributed by atoms with Crippen molar-refractivity contribution < 1.29 is 4.79 Å². The van der Waals surface area contributed by atoms with Crippen LogP contribution >= 0.6 is 27.5 Å². The molecule has 1 N–H and O–H groups in total. The summed E-state index contributed by atoms with van der Waals surface area (Å²) in [6.45, 7) is 1.92. The molecule has 0 saturated heterocycles. The monoisotopic (exact) mass is 337 g/mol. The molecule has 0 aliphatic rings. The van der Waals surface area contributed by atoms with Crippen LogP contribution < -0.4 is 5.32 Å². The molecule has 0 atom stereocenters. The highest BCUT2D eigenvalue weighted by atomic mass is 79.9. The summed E-state index contributed by atoms with van der Waals surface area (Å²) in [5, 5.41) is 3.56. The van der Waals surface area contributed by atoms with Crippen LogP contribution in [0.25, 0.3) is 0 Å². The molecular weight excluding hydrogens is 326 g/mol. The van der Waals surface area contributed by atoms with Crippen molar-refractivity contribution in [2.24, 2.45) is 0 Å². The lowest BCUT2D eigenvalue weighted by atomic mass is 10.1. The Morgan fingerprint density at radius 1 is 1.26 bits per heavy atom. The molecule has 0 fully saturated rings. The van der Waals surface area contributed by atoms with Crippen LogP contribution in [0.15, 0.2) is 46.9 Å². The maximum atomic E-state index is 12.0. The molecule has 0 aromatic heterocycles. The predicted octanol–water partition coefficient (Wildman–Crippen LogP) is 4.59. The van der Waals surface area contributed by atoms with Gasteiger partial charge in [0.05, 0.1) is 6.42 Å². The molecule has 2 aromatic carbocycles. The number of aryl methyl sites for hydroxylation is 1. The molecule has 0 unspecified atom stereocenters. The van der Waals surface area contributed by atoms with Gasteiger partial charge >= 0.3 is 0 Å². The summed E-state index contributed by atoms with van der Waals surface area (Å²) in [4.78, 5) is 12.0. The second-order valence-electron chi connectivity index (χ2n) is 4.31.